The number of hydrogen-bond donors (Lipinski definition) is 1. The number of hydrogen-bond acceptors (Lipinski definition) is 6. The van der Waals surface area contributed by atoms with Crippen LogP contribution in [0.3, 0.4) is 0 Å². The van der Waals surface area contributed by atoms with Crippen LogP contribution >= 0.6 is 0 Å². The molecule has 1 aliphatic heterocycles. The van der Waals surface area contributed by atoms with Crippen LogP contribution in [-0.4, -0.2) is 57.7 Å². The van der Waals surface area contributed by atoms with Crippen LogP contribution in [0.2, 0.25) is 0 Å². The molecule has 0 spiro atoms. The van der Waals surface area contributed by atoms with Gasteiger partial charge in [0.2, 0.25) is 5.82 Å². The highest BCUT2D eigenvalue weighted by Gasteiger charge is 2.44. The Morgan fingerprint density at radius 2 is 1.73 bits per heavy atom. The molecule has 2 aromatic carbocycles. The van der Waals surface area contributed by atoms with E-state index in [-0.39, 0.29) is 29.0 Å². The molecule has 2 atom stereocenters. The van der Waals surface area contributed by atoms with Crippen molar-refractivity contribution in [2.75, 3.05) is 20.8 Å². The van der Waals surface area contributed by atoms with Gasteiger partial charge in [-0.3, -0.25) is 9.67 Å². The van der Waals surface area contributed by atoms with Gasteiger partial charge in [0, 0.05) is 18.3 Å². The molecule has 1 amide bonds. The summed E-state index contributed by atoms with van der Waals surface area (Å²) >= 11 is 0. The lowest BCUT2D eigenvalue weighted by molar-refractivity contribution is 0.0250. The molecule has 0 saturated carbocycles. The van der Waals surface area contributed by atoms with E-state index in [9.17, 15) is 14.3 Å². The van der Waals surface area contributed by atoms with Crippen LogP contribution in [0.15, 0.2) is 54.9 Å². The number of methoxy groups -OCH3 is 2. The summed E-state index contributed by atoms with van der Waals surface area (Å²) < 4.78 is 33.0. The summed E-state index contributed by atoms with van der Waals surface area (Å²) in [5, 5.41) is 15.9. The van der Waals surface area contributed by atoms with Crippen molar-refractivity contribution in [3.8, 4) is 34.3 Å². The Labute approximate surface area is 232 Å². The van der Waals surface area contributed by atoms with Crippen molar-refractivity contribution in [2.24, 2.45) is 5.41 Å². The van der Waals surface area contributed by atoms with Crippen molar-refractivity contribution < 1.29 is 28.5 Å². The summed E-state index contributed by atoms with van der Waals surface area (Å²) in [4.78, 5) is 18.2. The third-order valence-corrected chi connectivity index (χ3v) is 7.35. The quantitative estimate of drug-likeness (QED) is 0.284. The normalized spacial score (nSPS) is 17.6. The molecular weight excluding hydrogens is 515 g/mol. The molecule has 1 saturated heterocycles. The Kier molecular flexibility index (Phi) is 7.27. The smallest absolute Gasteiger partial charge is 0.407 e. The van der Waals surface area contributed by atoms with Gasteiger partial charge in [-0.15, -0.1) is 0 Å². The van der Waals surface area contributed by atoms with Crippen molar-refractivity contribution in [1.29, 1.82) is 0 Å². The fraction of sp³-hybridized carbons (Fsp3) is 0.367. The molecule has 3 heterocycles. The zero-order valence-electron chi connectivity index (χ0n) is 23.2. The van der Waals surface area contributed by atoms with Gasteiger partial charge in [-0.1, -0.05) is 26.8 Å². The molecule has 1 N–H and O–H groups in total. The lowest BCUT2D eigenvalue weighted by Crippen LogP contribution is -2.54. The van der Waals surface area contributed by atoms with E-state index < -0.39 is 11.9 Å². The van der Waals surface area contributed by atoms with Crippen LogP contribution in [0.5, 0.6) is 23.0 Å². The topological polar surface area (TPSA) is 98.9 Å². The number of carboxylic acid groups (broad SMARTS) is 1. The maximum Gasteiger partial charge on any atom is 0.407 e. The van der Waals surface area contributed by atoms with Gasteiger partial charge >= 0.3 is 6.09 Å². The molecule has 1 fully saturated rings. The highest BCUT2D eigenvalue weighted by atomic mass is 19.1. The van der Waals surface area contributed by atoms with Gasteiger partial charge in [0.25, 0.3) is 0 Å². The van der Waals surface area contributed by atoms with E-state index in [1.165, 1.54) is 19.2 Å². The third kappa shape index (κ3) is 4.89. The van der Waals surface area contributed by atoms with Crippen LogP contribution in [0, 0.1) is 11.2 Å². The van der Waals surface area contributed by atoms with Gasteiger partial charge in [-0.2, -0.15) is 9.49 Å². The summed E-state index contributed by atoms with van der Waals surface area (Å²) in [5.41, 5.74) is 1.91. The number of pyridine rings is 1. The molecule has 10 heteroatoms. The number of carbonyl (C=O) groups is 1. The van der Waals surface area contributed by atoms with Crippen LogP contribution < -0.4 is 14.2 Å². The summed E-state index contributed by atoms with van der Waals surface area (Å²) in [6.45, 7) is 6.65. The third-order valence-electron chi connectivity index (χ3n) is 7.35. The second-order valence-corrected chi connectivity index (χ2v) is 10.9. The first-order chi connectivity index (χ1) is 19.1. The number of aromatic nitrogens is 3. The number of piperidine rings is 1. The highest BCUT2D eigenvalue weighted by Crippen LogP contribution is 2.43. The average molecular weight is 549 g/mol. The number of benzene rings is 2. The summed E-state index contributed by atoms with van der Waals surface area (Å²) in [6.07, 6.45) is 3.95. The van der Waals surface area contributed by atoms with Crippen molar-refractivity contribution in [1.82, 2.24) is 19.7 Å². The molecule has 0 aliphatic carbocycles. The highest BCUT2D eigenvalue weighted by molar-refractivity contribution is 5.96. The molecular formula is C30H33FN4O5. The number of ether oxygens (including phenoxy) is 3. The van der Waals surface area contributed by atoms with E-state index in [0.717, 1.165) is 29.3 Å². The minimum atomic E-state index is -0.932. The zero-order chi connectivity index (χ0) is 28.6. The first kappa shape index (κ1) is 27.2. The van der Waals surface area contributed by atoms with Crippen LogP contribution in [0.1, 0.15) is 39.7 Å². The molecule has 4 aromatic rings. The molecule has 210 valence electrons. The Morgan fingerprint density at radius 1 is 1.02 bits per heavy atom. The number of likely N-dealkylation sites (tertiary alicyclic amines) is 1. The van der Waals surface area contributed by atoms with Crippen molar-refractivity contribution in [2.45, 2.75) is 45.7 Å². The Hall–Kier alpha value is -4.34. The summed E-state index contributed by atoms with van der Waals surface area (Å²) in [7, 11) is 2.99. The molecule has 2 aromatic heterocycles. The largest absolute Gasteiger partial charge is 0.494 e. The summed E-state index contributed by atoms with van der Waals surface area (Å²) in [6, 6.07) is 11.4. The van der Waals surface area contributed by atoms with Gasteiger partial charge < -0.3 is 24.2 Å². The molecule has 0 bridgehead atoms. The second-order valence-electron chi connectivity index (χ2n) is 10.9. The van der Waals surface area contributed by atoms with Crippen LogP contribution in [0.4, 0.5) is 9.18 Å². The maximum atomic E-state index is 14.6. The Balaban J connectivity index is 1.58. The predicted octanol–water partition coefficient (Wildman–Crippen LogP) is 6.78. The molecule has 5 rings (SSSR count). The van der Waals surface area contributed by atoms with E-state index in [2.05, 4.69) is 25.8 Å². The van der Waals surface area contributed by atoms with E-state index in [1.54, 1.807) is 42.6 Å². The molecule has 1 aliphatic rings. The number of nitrogens with zero attached hydrogens (tertiary/aromatic N) is 4. The molecule has 9 nitrogen and oxygen atoms in total. The van der Waals surface area contributed by atoms with Gasteiger partial charge in [-0.05, 0) is 54.7 Å². The minimum Gasteiger partial charge on any atom is -0.494 e. The zero-order valence-corrected chi connectivity index (χ0v) is 23.2. The lowest BCUT2D eigenvalue weighted by Gasteiger charge is -2.46. The monoisotopic (exact) mass is 548 g/mol. The van der Waals surface area contributed by atoms with E-state index in [0.29, 0.717) is 23.7 Å². The van der Waals surface area contributed by atoms with Crippen LogP contribution in [0.25, 0.3) is 22.2 Å². The average Bonchev–Trinajstić information content (AvgIpc) is 3.33. The molecule has 40 heavy (non-hydrogen) atoms. The first-order valence-corrected chi connectivity index (χ1v) is 13.1. The SMILES string of the molecule is COc1cccc(Oc2ccc(-c3nn(C4CCCN(C(=O)O)C4C(C)(C)C)c4c(OC)cncc34)cc2)c1F. The fourth-order valence-corrected chi connectivity index (χ4v) is 5.68. The number of halogens is 1. The van der Waals surface area contributed by atoms with Crippen molar-refractivity contribution in [3.05, 3.63) is 60.7 Å². The van der Waals surface area contributed by atoms with Gasteiger partial charge in [0.1, 0.15) is 17.0 Å². The number of fused-ring (bicyclic) bond motifs is 1. The van der Waals surface area contributed by atoms with Crippen LogP contribution in [-0.2, 0) is 0 Å². The van der Waals surface area contributed by atoms with Crippen molar-refractivity contribution >= 4 is 17.0 Å². The Bertz CT molecular complexity index is 1530. The van der Waals surface area contributed by atoms with Gasteiger partial charge in [0.15, 0.2) is 17.2 Å². The second kappa shape index (κ2) is 10.7. The van der Waals surface area contributed by atoms with E-state index in [1.807, 2.05) is 16.8 Å². The lowest BCUT2D eigenvalue weighted by atomic mass is 9.77. The van der Waals surface area contributed by atoms with Crippen molar-refractivity contribution in [3.63, 3.8) is 0 Å². The van der Waals surface area contributed by atoms with Gasteiger partial charge in [-0.25, -0.2) is 4.79 Å². The van der Waals surface area contributed by atoms with Gasteiger partial charge in [0.05, 0.1) is 37.9 Å². The first-order valence-electron chi connectivity index (χ1n) is 13.1. The summed E-state index contributed by atoms with van der Waals surface area (Å²) in [5.74, 6) is 0.597. The molecule has 0 radical (unpaired) electrons. The fourth-order valence-electron chi connectivity index (χ4n) is 5.68. The number of amides is 1. The standard InChI is InChI=1S/C30H33FN4O5/c1-30(2,3)28-21(8-7-15-34(28)29(36)37)35-27-20(16-32-17-24(27)39-5)26(33-35)18-11-13-19(14-12-18)40-23-10-6-9-22(38-4)25(23)31/h6,9-14,16-17,21,28H,7-8,15H2,1-5H3,(H,36,37). The van der Waals surface area contributed by atoms with E-state index in [4.69, 9.17) is 19.3 Å². The number of rotatable bonds is 6. The van der Waals surface area contributed by atoms with E-state index >= 15 is 0 Å². The molecule has 2 unspecified atom stereocenters. The minimum absolute atomic E-state index is 0.0595. The maximum absolute atomic E-state index is 14.6. The predicted molar refractivity (Wildman–Crippen MR) is 149 cm³/mol. The Morgan fingerprint density at radius 3 is 2.38 bits per heavy atom.